The second-order valence-electron chi connectivity index (χ2n) is 5.45. The predicted octanol–water partition coefficient (Wildman–Crippen LogP) is 3.44. The quantitative estimate of drug-likeness (QED) is 0.584. The fourth-order valence-corrected chi connectivity index (χ4v) is 2.69. The zero-order chi connectivity index (χ0) is 15.1. The minimum Gasteiger partial charge on any atom is -0.438 e. The Hall–Kier alpha value is -2.88. The molecule has 0 fully saturated rings. The molecule has 4 heteroatoms. The second kappa shape index (κ2) is 4.84. The van der Waals surface area contributed by atoms with Crippen molar-refractivity contribution in [1.82, 2.24) is 9.97 Å². The fourth-order valence-electron chi connectivity index (χ4n) is 2.69. The minimum atomic E-state index is -0.143. The summed E-state index contributed by atoms with van der Waals surface area (Å²) in [6, 6.07) is 15.6. The van der Waals surface area contributed by atoms with Crippen LogP contribution < -0.4 is 10.3 Å². The zero-order valence-electron chi connectivity index (χ0n) is 12.1. The molecule has 0 spiro atoms. The number of nitrogens with zero attached hydrogens (tertiary/aromatic N) is 1. The maximum absolute atomic E-state index is 12.4. The summed E-state index contributed by atoms with van der Waals surface area (Å²) in [5.41, 5.74) is 3.43. The molecule has 1 aliphatic heterocycles. The van der Waals surface area contributed by atoms with E-state index >= 15 is 0 Å². The third kappa shape index (κ3) is 2.09. The van der Waals surface area contributed by atoms with Crippen LogP contribution in [0.4, 0.5) is 0 Å². The van der Waals surface area contributed by atoms with Gasteiger partial charge in [0.15, 0.2) is 0 Å². The second-order valence-corrected chi connectivity index (χ2v) is 5.45. The van der Waals surface area contributed by atoms with Crippen LogP contribution in [0.1, 0.15) is 16.7 Å². The highest BCUT2D eigenvalue weighted by Gasteiger charge is 2.22. The zero-order valence-corrected chi connectivity index (χ0v) is 12.1. The molecule has 0 saturated carbocycles. The number of H-pyrrole nitrogens is 1. The Labute approximate surface area is 127 Å². The summed E-state index contributed by atoms with van der Waals surface area (Å²) in [5, 5.41) is 0. The average molecular weight is 290 g/mol. The Balaban J connectivity index is 1.84. The highest BCUT2D eigenvalue weighted by Crippen LogP contribution is 2.33. The largest absolute Gasteiger partial charge is 0.438 e. The van der Waals surface area contributed by atoms with Gasteiger partial charge in [-0.2, -0.15) is 4.98 Å². The summed E-state index contributed by atoms with van der Waals surface area (Å²) >= 11 is 0. The summed E-state index contributed by atoms with van der Waals surface area (Å²) in [5.74, 6) is 1.70. The van der Waals surface area contributed by atoms with Gasteiger partial charge in [-0.1, -0.05) is 42.0 Å². The molecular formula is C18H14N2O2. The minimum absolute atomic E-state index is 0.143. The molecule has 4 nitrogen and oxygen atoms in total. The Morgan fingerprint density at radius 1 is 1.14 bits per heavy atom. The molecule has 1 aliphatic rings. The molecule has 0 atom stereocenters. The Bertz CT molecular complexity index is 928. The monoisotopic (exact) mass is 290 g/mol. The van der Waals surface area contributed by atoms with Gasteiger partial charge in [-0.15, -0.1) is 0 Å². The van der Waals surface area contributed by atoms with Crippen LogP contribution in [0.2, 0.25) is 0 Å². The first-order chi connectivity index (χ1) is 10.7. The van der Waals surface area contributed by atoms with E-state index in [0.29, 0.717) is 23.7 Å². The molecule has 0 amide bonds. The maximum atomic E-state index is 12.4. The van der Waals surface area contributed by atoms with Crippen molar-refractivity contribution < 1.29 is 4.74 Å². The molecular weight excluding hydrogens is 276 g/mol. The molecule has 108 valence electrons. The highest BCUT2D eigenvalue weighted by molar-refractivity contribution is 5.58. The van der Waals surface area contributed by atoms with Crippen LogP contribution in [0.25, 0.3) is 11.4 Å². The molecule has 0 aliphatic carbocycles. The number of ether oxygens (including phenoxy) is 1. The topological polar surface area (TPSA) is 55.0 Å². The van der Waals surface area contributed by atoms with Crippen LogP contribution in [0.5, 0.6) is 11.6 Å². The van der Waals surface area contributed by atoms with Crippen molar-refractivity contribution in [3.05, 3.63) is 75.6 Å². The van der Waals surface area contributed by atoms with E-state index < -0.39 is 0 Å². The van der Waals surface area contributed by atoms with Crippen molar-refractivity contribution in [3.63, 3.8) is 0 Å². The summed E-state index contributed by atoms with van der Waals surface area (Å²) in [6.07, 6.45) is 0.544. The molecule has 0 radical (unpaired) electrons. The summed E-state index contributed by atoms with van der Waals surface area (Å²) < 4.78 is 5.82. The van der Waals surface area contributed by atoms with Crippen LogP contribution >= 0.6 is 0 Å². The number of hydrogen-bond donors (Lipinski definition) is 1. The number of para-hydroxylation sites is 1. The molecule has 0 saturated heterocycles. The molecule has 3 aromatic rings. The Kier molecular flexibility index (Phi) is 2.82. The summed E-state index contributed by atoms with van der Waals surface area (Å²) in [7, 11) is 0. The SMILES string of the molecule is Cc1cccc(-c2nc3c(c(=O)[nH]2)Cc2ccccc2O3)c1. The number of aromatic nitrogens is 2. The lowest BCUT2D eigenvalue weighted by Crippen LogP contribution is -2.20. The lowest BCUT2D eigenvalue weighted by Gasteiger charge is -2.18. The van der Waals surface area contributed by atoms with Gasteiger partial charge in [0, 0.05) is 12.0 Å². The van der Waals surface area contributed by atoms with Crippen molar-refractivity contribution in [2.75, 3.05) is 0 Å². The van der Waals surface area contributed by atoms with Crippen LogP contribution in [-0.4, -0.2) is 9.97 Å². The van der Waals surface area contributed by atoms with Crippen molar-refractivity contribution >= 4 is 0 Å². The fraction of sp³-hybridized carbons (Fsp3) is 0.111. The van der Waals surface area contributed by atoms with E-state index in [1.54, 1.807) is 0 Å². The maximum Gasteiger partial charge on any atom is 0.258 e. The molecule has 2 heterocycles. The van der Waals surface area contributed by atoms with Crippen molar-refractivity contribution in [1.29, 1.82) is 0 Å². The molecule has 22 heavy (non-hydrogen) atoms. The lowest BCUT2D eigenvalue weighted by atomic mass is 10.0. The standard InChI is InChI=1S/C18H14N2O2/c1-11-5-4-7-13(9-11)16-19-17(21)14-10-12-6-2-3-8-15(12)22-18(14)20-16/h2-9H,10H2,1H3,(H,19,20,21). The van der Waals surface area contributed by atoms with Crippen molar-refractivity contribution in [3.8, 4) is 23.0 Å². The van der Waals surface area contributed by atoms with Crippen molar-refractivity contribution in [2.24, 2.45) is 0 Å². The highest BCUT2D eigenvalue weighted by atomic mass is 16.5. The Morgan fingerprint density at radius 3 is 2.86 bits per heavy atom. The first-order valence-corrected chi connectivity index (χ1v) is 7.17. The van der Waals surface area contributed by atoms with E-state index in [9.17, 15) is 4.79 Å². The predicted molar refractivity (Wildman–Crippen MR) is 84.4 cm³/mol. The molecule has 0 unspecified atom stereocenters. The summed E-state index contributed by atoms with van der Waals surface area (Å²) in [6.45, 7) is 2.01. The van der Waals surface area contributed by atoms with Gasteiger partial charge in [0.2, 0.25) is 5.88 Å². The van der Waals surface area contributed by atoms with Gasteiger partial charge in [0.1, 0.15) is 11.6 Å². The van der Waals surface area contributed by atoms with Crippen LogP contribution in [-0.2, 0) is 6.42 Å². The number of aryl methyl sites for hydroxylation is 1. The number of benzene rings is 2. The van der Waals surface area contributed by atoms with E-state index in [1.807, 2.05) is 55.5 Å². The first kappa shape index (κ1) is 12.8. The third-order valence-corrected chi connectivity index (χ3v) is 3.82. The lowest BCUT2D eigenvalue weighted by molar-refractivity contribution is 0.438. The van der Waals surface area contributed by atoms with E-state index in [-0.39, 0.29) is 5.56 Å². The molecule has 4 rings (SSSR count). The van der Waals surface area contributed by atoms with Gasteiger partial charge < -0.3 is 9.72 Å². The van der Waals surface area contributed by atoms with Gasteiger partial charge in [-0.25, -0.2) is 0 Å². The van der Waals surface area contributed by atoms with Gasteiger partial charge in [-0.05, 0) is 24.6 Å². The normalized spacial score (nSPS) is 12.2. The molecule has 2 aromatic carbocycles. The van der Waals surface area contributed by atoms with E-state index in [0.717, 1.165) is 22.4 Å². The van der Waals surface area contributed by atoms with Gasteiger partial charge in [-0.3, -0.25) is 4.79 Å². The van der Waals surface area contributed by atoms with Gasteiger partial charge in [0.25, 0.3) is 5.56 Å². The van der Waals surface area contributed by atoms with Crippen LogP contribution in [0.3, 0.4) is 0 Å². The van der Waals surface area contributed by atoms with Crippen molar-refractivity contribution in [2.45, 2.75) is 13.3 Å². The van der Waals surface area contributed by atoms with Crippen LogP contribution in [0, 0.1) is 6.92 Å². The first-order valence-electron chi connectivity index (χ1n) is 7.17. The van der Waals surface area contributed by atoms with E-state index in [4.69, 9.17) is 4.74 Å². The Morgan fingerprint density at radius 2 is 2.00 bits per heavy atom. The van der Waals surface area contributed by atoms with E-state index in [2.05, 4.69) is 9.97 Å². The molecule has 1 aromatic heterocycles. The number of rotatable bonds is 1. The number of nitrogens with one attached hydrogen (secondary N) is 1. The number of aromatic amines is 1. The average Bonchev–Trinajstić information content (AvgIpc) is 2.53. The number of hydrogen-bond acceptors (Lipinski definition) is 3. The third-order valence-electron chi connectivity index (χ3n) is 3.82. The summed E-state index contributed by atoms with van der Waals surface area (Å²) in [4.78, 5) is 19.7. The number of fused-ring (bicyclic) bond motifs is 2. The molecule has 0 bridgehead atoms. The van der Waals surface area contributed by atoms with Crippen LogP contribution in [0.15, 0.2) is 53.3 Å². The van der Waals surface area contributed by atoms with E-state index in [1.165, 1.54) is 0 Å². The van der Waals surface area contributed by atoms with Gasteiger partial charge >= 0.3 is 0 Å². The van der Waals surface area contributed by atoms with Gasteiger partial charge in [0.05, 0.1) is 5.56 Å². The molecule has 1 N–H and O–H groups in total. The smallest absolute Gasteiger partial charge is 0.258 e.